The summed E-state index contributed by atoms with van der Waals surface area (Å²) in [6.07, 6.45) is 0.144. The number of guanidine groups is 1. The summed E-state index contributed by atoms with van der Waals surface area (Å²) >= 11 is 0.825. The zero-order valence-corrected chi connectivity index (χ0v) is 74.3. The lowest BCUT2D eigenvalue weighted by Gasteiger charge is -2.37. The number of hydrogen-bond acceptors (Lipinski definition) is 19. The maximum absolute atomic E-state index is 15.5. The number of carboxylic acid groups (broad SMARTS) is 1. The molecular weight excluding hydrogens is 1670 g/mol. The highest BCUT2D eigenvalue weighted by Crippen LogP contribution is 2.24. The third kappa shape index (κ3) is 31.5. The normalized spacial score (nSPS) is 21.9. The highest BCUT2D eigenvalue weighted by Gasteiger charge is 2.42. The minimum atomic E-state index is -1.95. The highest BCUT2D eigenvalue weighted by molar-refractivity contribution is 8.00. The monoisotopic (exact) mass is 1790 g/mol. The Morgan fingerprint density at radius 2 is 1.01 bits per heavy atom. The van der Waals surface area contributed by atoms with Crippen molar-refractivity contribution in [1.29, 1.82) is 5.41 Å². The van der Waals surface area contributed by atoms with Crippen LogP contribution in [0.4, 0.5) is 0 Å². The van der Waals surface area contributed by atoms with Crippen LogP contribution in [0.3, 0.4) is 0 Å². The molecule has 37 nitrogen and oxygen atoms in total. The third-order valence-electron chi connectivity index (χ3n) is 21.5. The second kappa shape index (κ2) is 49.9. The number of para-hydroxylation sites is 1. The van der Waals surface area contributed by atoms with Gasteiger partial charge in [0, 0.05) is 96.7 Å². The van der Waals surface area contributed by atoms with Crippen molar-refractivity contribution >= 4 is 123 Å². The molecule has 18 N–H and O–H groups in total. The number of rotatable bonds is 25. The third-order valence-corrected chi connectivity index (χ3v) is 22.5. The van der Waals surface area contributed by atoms with Gasteiger partial charge in [-0.1, -0.05) is 162 Å². The van der Waals surface area contributed by atoms with E-state index in [-0.39, 0.29) is 87.3 Å². The molecule has 2 heterocycles. The van der Waals surface area contributed by atoms with E-state index in [1.165, 1.54) is 66.4 Å². The number of aliphatic carboxylic acids is 1. The van der Waals surface area contributed by atoms with Crippen LogP contribution in [0.1, 0.15) is 100 Å². The predicted molar refractivity (Wildman–Crippen MR) is 479 cm³/mol. The van der Waals surface area contributed by atoms with Gasteiger partial charge in [0.25, 0.3) is 0 Å². The number of carbonyl (C=O) groups excluding carboxylic acids is 15. The van der Waals surface area contributed by atoms with Crippen molar-refractivity contribution in [3.05, 3.63) is 186 Å². The topological polar surface area (TPSA) is 542 Å². The van der Waals surface area contributed by atoms with Gasteiger partial charge in [-0.05, 0) is 90.1 Å². The van der Waals surface area contributed by atoms with Gasteiger partial charge in [0.15, 0.2) is 5.96 Å². The van der Waals surface area contributed by atoms with Gasteiger partial charge in [-0.15, -0.1) is 11.8 Å². The molecule has 15 amide bonds. The van der Waals surface area contributed by atoms with Gasteiger partial charge in [0.05, 0.1) is 31.8 Å². The zero-order chi connectivity index (χ0) is 94.0. The first-order chi connectivity index (χ1) is 60.8. The summed E-state index contributed by atoms with van der Waals surface area (Å²) in [5.41, 5.74) is 14.3. The average molecular weight is 1790 g/mol. The van der Waals surface area contributed by atoms with Gasteiger partial charge < -0.3 is 104 Å². The van der Waals surface area contributed by atoms with Crippen molar-refractivity contribution in [3.63, 3.8) is 0 Å². The molecule has 38 heteroatoms. The molecule has 11 atom stereocenters. The lowest BCUT2D eigenvalue weighted by atomic mass is 9.99. The van der Waals surface area contributed by atoms with Crippen LogP contribution < -0.4 is 64.6 Å². The van der Waals surface area contributed by atoms with Crippen LogP contribution in [0.2, 0.25) is 0 Å². The zero-order valence-electron chi connectivity index (χ0n) is 73.4. The Kier molecular flexibility index (Phi) is 39.5. The molecule has 1 aliphatic heterocycles. The number of thioether (sulfide) groups is 1. The Balaban J connectivity index is 1.33. The van der Waals surface area contributed by atoms with Crippen LogP contribution in [0, 0.1) is 11.3 Å². The van der Waals surface area contributed by atoms with Gasteiger partial charge in [-0.25, -0.2) is 0 Å². The second-order valence-electron chi connectivity index (χ2n) is 32.2. The Morgan fingerprint density at radius 3 is 1.58 bits per heavy atom. The number of nitrogens with zero attached hydrogens (tertiary/aromatic N) is 5. The number of aromatic nitrogens is 1. The number of carboxylic acids is 1. The molecule has 128 heavy (non-hydrogen) atoms. The van der Waals surface area contributed by atoms with Gasteiger partial charge in [0.1, 0.15) is 72.2 Å². The van der Waals surface area contributed by atoms with Crippen LogP contribution in [0.5, 0.6) is 5.75 Å². The van der Waals surface area contributed by atoms with Crippen LogP contribution >= 0.6 is 11.8 Å². The summed E-state index contributed by atoms with van der Waals surface area (Å²) in [5, 5.41) is 55.4. The first-order valence-electron chi connectivity index (χ1n) is 42.1. The summed E-state index contributed by atoms with van der Waals surface area (Å²) in [4.78, 5) is 242. The quantitative estimate of drug-likeness (QED) is 0.0161. The summed E-state index contributed by atoms with van der Waals surface area (Å²) in [7, 11) is 6.45. The molecule has 0 aliphatic carbocycles. The lowest BCUT2D eigenvalue weighted by Crippen LogP contribution is -2.60. The van der Waals surface area contributed by atoms with E-state index in [1.807, 2.05) is 6.92 Å². The molecule has 1 aliphatic rings. The molecule has 1 unspecified atom stereocenters. The number of unbranched alkanes of at least 4 members (excludes halogenated alkanes) is 1. The van der Waals surface area contributed by atoms with Crippen LogP contribution in [0.25, 0.3) is 10.9 Å². The summed E-state index contributed by atoms with van der Waals surface area (Å²) in [5.74, 6) is -17.2. The van der Waals surface area contributed by atoms with Crippen molar-refractivity contribution in [3.8, 4) is 5.75 Å². The van der Waals surface area contributed by atoms with Gasteiger partial charge >= 0.3 is 5.97 Å². The Labute approximate surface area is 747 Å². The van der Waals surface area contributed by atoms with Gasteiger partial charge in [-0.2, -0.15) is 0 Å². The molecule has 0 bridgehead atoms. The molecule has 5 aromatic carbocycles. The maximum atomic E-state index is 15.5. The molecule has 0 spiro atoms. The van der Waals surface area contributed by atoms with E-state index in [4.69, 9.17) is 16.9 Å². The fourth-order valence-electron chi connectivity index (χ4n) is 14.5. The average Bonchev–Trinajstić information content (AvgIpc) is 1.39. The Bertz CT molecular complexity index is 4910. The van der Waals surface area contributed by atoms with E-state index in [0.717, 1.165) is 36.3 Å². The van der Waals surface area contributed by atoms with Gasteiger partial charge in [-0.3, -0.25) is 82.1 Å². The number of amides is 15. The molecule has 7 rings (SSSR count). The number of carbonyl (C=O) groups is 16. The molecule has 0 saturated carbocycles. The summed E-state index contributed by atoms with van der Waals surface area (Å²) < 4.78 is 0. The van der Waals surface area contributed by atoms with Crippen molar-refractivity contribution in [2.45, 2.75) is 171 Å². The van der Waals surface area contributed by atoms with Crippen LogP contribution in [-0.4, -0.2) is 280 Å². The molecule has 1 fully saturated rings. The number of H-pyrrole nitrogens is 1. The number of benzene rings is 5. The first kappa shape index (κ1) is 101. The van der Waals surface area contributed by atoms with E-state index < -0.39 is 199 Å². The molecule has 1 aromatic heterocycles. The van der Waals surface area contributed by atoms with Crippen molar-refractivity contribution in [2.75, 3.05) is 72.9 Å². The minimum Gasteiger partial charge on any atom is -0.508 e. The number of phenolic OH excluding ortho intramolecular Hbond substituents is 1. The largest absolute Gasteiger partial charge is 0.508 e. The number of phenols is 1. The SMILES string of the molecule is C=C(C)[C@@H]1NC(=O)[C@H](CC(=O)O)NC(=O)CN(C)C(=O)[C@H](CCCC)N(C)C(=O)[C@H](Cc2ccccc2)N(C)C(=O)[C@H](Cc2ccccc2)NC(=O)CSC[C@@H](C(=O)NCC(N)=O)NC(=O)[C@H](CC(C)C)NC(=O)[C@H](Cc2ccc(O)cc2)NC(=O)[C@H](Cc2c[nH]c3ccccc23)NC(=O)CN(C)C(=O)[C@H](CCCNC(=N)N)NC(=O)C(Cc2ccccc2)N(C)C1=O. The van der Waals surface area contributed by atoms with Crippen molar-refractivity contribution in [2.24, 2.45) is 17.4 Å². The molecule has 1 saturated heterocycles. The lowest BCUT2D eigenvalue weighted by molar-refractivity contribution is -0.151. The number of likely N-dealkylation sites (N-methyl/N-ethyl adjacent to an activating group) is 5. The predicted octanol–water partition coefficient (Wildman–Crippen LogP) is 0.562. The number of nitrogens with two attached hydrogens (primary N) is 2. The Morgan fingerprint density at radius 1 is 0.516 bits per heavy atom. The smallest absolute Gasteiger partial charge is 0.305 e. The van der Waals surface area contributed by atoms with Gasteiger partial charge in [0.2, 0.25) is 88.6 Å². The van der Waals surface area contributed by atoms with E-state index in [0.29, 0.717) is 51.6 Å². The Hall–Kier alpha value is -13.7. The number of hydrogen-bond donors (Lipinski definition) is 16. The number of primary amides is 1. The fourth-order valence-corrected chi connectivity index (χ4v) is 15.4. The number of nitrogens with one attached hydrogen (secondary N) is 12. The molecule has 6 aromatic rings. The molecule has 688 valence electrons. The summed E-state index contributed by atoms with van der Waals surface area (Å²) in [6.45, 7) is 8.32. The molecule has 0 radical (unpaired) electrons. The number of aromatic amines is 1. The minimum absolute atomic E-state index is 0.00107. The van der Waals surface area contributed by atoms with Crippen LogP contribution in [-0.2, 0) is 109 Å². The van der Waals surface area contributed by atoms with Crippen molar-refractivity contribution in [1.82, 2.24) is 82.7 Å². The van der Waals surface area contributed by atoms with E-state index in [9.17, 15) is 53.4 Å². The van der Waals surface area contributed by atoms with Crippen molar-refractivity contribution < 1.29 is 86.9 Å². The van der Waals surface area contributed by atoms with E-state index >= 15 is 33.6 Å². The summed E-state index contributed by atoms with van der Waals surface area (Å²) in [6, 6.07) is 21.2. The van der Waals surface area contributed by atoms with E-state index in [1.54, 1.807) is 135 Å². The van der Waals surface area contributed by atoms with E-state index in [2.05, 4.69) is 64.7 Å². The second-order valence-corrected chi connectivity index (χ2v) is 33.3. The first-order valence-corrected chi connectivity index (χ1v) is 43.2. The number of fused-ring (bicyclic) bond motifs is 1. The maximum Gasteiger partial charge on any atom is 0.305 e. The van der Waals surface area contributed by atoms with Crippen LogP contribution in [0.15, 0.2) is 158 Å². The number of aromatic hydroxyl groups is 1. The fraction of sp³-hybridized carbons (Fsp3) is 0.433. The standard InChI is InChI=1S/C90H119N19O18S/c1-11-12-34-70-87(125)106(7)50-75(113)98-67(46-77(115)116)83(121)104-78(54(4)5)89(127)108(9)71(43-56-27-18-14-19-28-56)84(122)100-63(33-24-39-94-90(92)93)85(123)105(6)49-74(112)97-66(45-59-47-95-62-32-23-22-31-61(59)62)82(120)102-65(41-58-35-37-60(110)38-36-58)81(119)101-64(40-53(2)3)80(118)103-69(79(117)96-48-73(91)111)51-128-52-76(114)99-68(42-55-25-16-13-17-26-55)86(124)109(10)72(88(126)107(70)8)44-57-29-20-15-21-30-57/h13-23,25-32,35-38,47,53,63-72,78,95,110H,4,11-12,24,33-34,39-46,48-52H2,1-3,5-10H3,(H2,91,111)(H,96,117)(H,97,112)(H,98,113)(H,99,114)(H,100,122)(H,101,119)(H,102,120)(H,103,118)(H,104,121)(H,115,116)(H4,92,93,94)/t63-,64-,65-,66-,67-,68-,69-,70-,71?,72-,78-/m0/s1. The molecular formula is C90H119N19O18S. The highest BCUT2D eigenvalue weighted by atomic mass is 32.2.